The minimum Gasteiger partial charge on any atom is -0.347 e. The van der Waals surface area contributed by atoms with E-state index in [-0.39, 0.29) is 0 Å². The van der Waals surface area contributed by atoms with Gasteiger partial charge in [-0.25, -0.2) is 4.98 Å². The second-order valence-corrected chi connectivity index (χ2v) is 6.63. The van der Waals surface area contributed by atoms with E-state index in [0.717, 1.165) is 32.7 Å². The van der Waals surface area contributed by atoms with Crippen molar-refractivity contribution in [3.8, 4) is 0 Å². The Balaban J connectivity index is 1.85. The molecule has 0 saturated carbocycles. The van der Waals surface area contributed by atoms with Crippen molar-refractivity contribution in [3.63, 3.8) is 0 Å². The van der Waals surface area contributed by atoms with Gasteiger partial charge in [-0.15, -0.1) is 11.3 Å². The molecule has 1 N–H and O–H groups in total. The number of nitrogens with zero attached hydrogens (tertiary/aromatic N) is 3. The largest absolute Gasteiger partial charge is 0.347 e. The molecule has 0 radical (unpaired) electrons. The van der Waals surface area contributed by atoms with E-state index in [1.165, 1.54) is 23.8 Å². The predicted molar refractivity (Wildman–Crippen MR) is 83.0 cm³/mol. The van der Waals surface area contributed by atoms with Crippen molar-refractivity contribution >= 4 is 16.5 Å². The lowest BCUT2D eigenvalue weighted by Crippen LogP contribution is -2.28. The molecule has 2 heterocycles. The van der Waals surface area contributed by atoms with Crippen molar-refractivity contribution in [2.75, 3.05) is 44.7 Å². The van der Waals surface area contributed by atoms with Gasteiger partial charge in [0.2, 0.25) is 0 Å². The maximum absolute atomic E-state index is 4.76. The predicted octanol–water partition coefficient (Wildman–Crippen LogP) is 2.03. The van der Waals surface area contributed by atoms with Crippen molar-refractivity contribution in [2.45, 2.75) is 26.8 Å². The van der Waals surface area contributed by atoms with Gasteiger partial charge >= 0.3 is 0 Å². The molecule has 1 aromatic heterocycles. The van der Waals surface area contributed by atoms with Crippen LogP contribution in [0.25, 0.3) is 0 Å². The molecule has 0 spiro atoms. The lowest BCUT2D eigenvalue weighted by atomic mass is 10.2. The number of likely N-dealkylation sites (N-methyl/N-ethyl adjacent to an activating group) is 1. The van der Waals surface area contributed by atoms with Gasteiger partial charge < -0.3 is 15.1 Å². The number of nitrogens with one attached hydrogen (secondary N) is 1. The molecule has 5 heteroatoms. The normalized spacial score (nSPS) is 18.0. The van der Waals surface area contributed by atoms with Crippen molar-refractivity contribution in [1.29, 1.82) is 0 Å². The van der Waals surface area contributed by atoms with E-state index in [2.05, 4.69) is 41.4 Å². The Bertz CT molecular complexity index is 377. The first-order valence-corrected chi connectivity index (χ1v) is 8.11. The van der Waals surface area contributed by atoms with Gasteiger partial charge in [-0.2, -0.15) is 0 Å². The highest BCUT2D eigenvalue weighted by Gasteiger charge is 2.15. The Morgan fingerprint density at radius 3 is 2.95 bits per heavy atom. The fourth-order valence-electron chi connectivity index (χ4n) is 2.25. The van der Waals surface area contributed by atoms with E-state index in [1.807, 2.05) is 0 Å². The van der Waals surface area contributed by atoms with Crippen LogP contribution in [-0.2, 0) is 6.54 Å². The molecule has 1 fully saturated rings. The number of hydrogen-bond acceptors (Lipinski definition) is 5. The summed E-state index contributed by atoms with van der Waals surface area (Å²) in [4.78, 5) is 9.59. The van der Waals surface area contributed by atoms with Crippen molar-refractivity contribution in [3.05, 3.63) is 11.1 Å². The quantitative estimate of drug-likeness (QED) is 0.895. The summed E-state index contributed by atoms with van der Waals surface area (Å²) in [6.45, 7) is 11.0. The van der Waals surface area contributed by atoms with Crippen LogP contribution < -0.4 is 10.2 Å². The second kappa shape index (κ2) is 7.22. The highest BCUT2D eigenvalue weighted by molar-refractivity contribution is 7.13. The van der Waals surface area contributed by atoms with Crippen molar-refractivity contribution in [1.82, 2.24) is 15.2 Å². The van der Waals surface area contributed by atoms with Gasteiger partial charge in [0.25, 0.3) is 0 Å². The monoisotopic (exact) mass is 282 g/mol. The minimum absolute atomic E-state index is 0.694. The number of anilines is 1. The molecule has 1 aliphatic heterocycles. The van der Waals surface area contributed by atoms with Crippen LogP contribution in [0.15, 0.2) is 5.38 Å². The molecule has 0 aromatic carbocycles. The molecule has 1 aromatic rings. The summed E-state index contributed by atoms with van der Waals surface area (Å²) in [7, 11) is 2.20. The smallest absolute Gasteiger partial charge is 0.185 e. The van der Waals surface area contributed by atoms with Crippen LogP contribution in [0.3, 0.4) is 0 Å². The van der Waals surface area contributed by atoms with Crippen molar-refractivity contribution < 1.29 is 0 Å². The summed E-state index contributed by atoms with van der Waals surface area (Å²) in [5.74, 6) is 0.694. The van der Waals surface area contributed by atoms with Crippen LogP contribution >= 0.6 is 11.3 Å². The minimum atomic E-state index is 0.694. The van der Waals surface area contributed by atoms with Gasteiger partial charge in [-0.1, -0.05) is 13.8 Å². The summed E-state index contributed by atoms with van der Waals surface area (Å²) >= 11 is 1.78. The molecule has 0 amide bonds. The first-order valence-electron chi connectivity index (χ1n) is 7.24. The van der Waals surface area contributed by atoms with Crippen LogP contribution in [0, 0.1) is 5.92 Å². The first kappa shape index (κ1) is 14.8. The van der Waals surface area contributed by atoms with E-state index < -0.39 is 0 Å². The van der Waals surface area contributed by atoms with Gasteiger partial charge in [0.05, 0.1) is 5.69 Å². The Morgan fingerprint density at radius 2 is 2.16 bits per heavy atom. The second-order valence-electron chi connectivity index (χ2n) is 5.79. The standard InChI is InChI=1S/C14H26N4S/c1-12(2)9-15-10-13-11-19-14(16-13)18-6-4-5-17(3)7-8-18/h11-12,15H,4-10H2,1-3H3. The fourth-order valence-corrected chi connectivity index (χ4v) is 3.13. The first-order chi connectivity index (χ1) is 9.15. The topological polar surface area (TPSA) is 31.4 Å². The third-order valence-electron chi connectivity index (χ3n) is 3.39. The fraction of sp³-hybridized carbons (Fsp3) is 0.786. The van der Waals surface area contributed by atoms with E-state index in [0.29, 0.717) is 5.92 Å². The van der Waals surface area contributed by atoms with E-state index in [4.69, 9.17) is 4.98 Å². The zero-order valence-corrected chi connectivity index (χ0v) is 13.2. The van der Waals surface area contributed by atoms with Gasteiger partial charge in [-0.3, -0.25) is 0 Å². The van der Waals surface area contributed by atoms with Crippen LogP contribution in [-0.4, -0.2) is 49.7 Å². The highest BCUT2D eigenvalue weighted by Crippen LogP contribution is 2.21. The molecule has 4 nitrogen and oxygen atoms in total. The zero-order chi connectivity index (χ0) is 13.7. The number of rotatable bonds is 5. The van der Waals surface area contributed by atoms with Gasteiger partial charge in [0.15, 0.2) is 5.13 Å². The zero-order valence-electron chi connectivity index (χ0n) is 12.4. The van der Waals surface area contributed by atoms with Gasteiger partial charge in [0, 0.05) is 31.6 Å². The SMILES string of the molecule is CC(C)CNCc1csc(N2CCCN(C)CC2)n1. The van der Waals surface area contributed by atoms with Gasteiger partial charge in [-0.05, 0) is 32.5 Å². The molecule has 108 valence electrons. The summed E-state index contributed by atoms with van der Waals surface area (Å²) in [6, 6.07) is 0. The molecule has 2 rings (SSSR count). The average Bonchev–Trinajstić information content (AvgIpc) is 2.71. The lowest BCUT2D eigenvalue weighted by molar-refractivity contribution is 0.360. The van der Waals surface area contributed by atoms with Crippen molar-refractivity contribution in [2.24, 2.45) is 5.92 Å². The van der Waals surface area contributed by atoms with Crippen LogP contribution in [0.5, 0.6) is 0 Å². The summed E-state index contributed by atoms with van der Waals surface area (Å²) in [5.41, 5.74) is 1.18. The lowest BCUT2D eigenvalue weighted by Gasteiger charge is -2.19. The van der Waals surface area contributed by atoms with Gasteiger partial charge in [0.1, 0.15) is 0 Å². The Kier molecular flexibility index (Phi) is 5.60. The summed E-state index contributed by atoms with van der Waals surface area (Å²) < 4.78 is 0. The summed E-state index contributed by atoms with van der Waals surface area (Å²) in [6.07, 6.45) is 1.23. The van der Waals surface area contributed by atoms with Crippen LogP contribution in [0.4, 0.5) is 5.13 Å². The molecule has 1 aliphatic rings. The molecular formula is C14H26N4S. The number of thiazole rings is 1. The van der Waals surface area contributed by atoms with Crippen LogP contribution in [0.1, 0.15) is 26.0 Å². The summed E-state index contributed by atoms with van der Waals surface area (Å²) in [5, 5.41) is 6.84. The molecule has 1 saturated heterocycles. The Hall–Kier alpha value is -0.650. The maximum Gasteiger partial charge on any atom is 0.185 e. The Morgan fingerprint density at radius 1 is 1.32 bits per heavy atom. The highest BCUT2D eigenvalue weighted by atomic mass is 32.1. The maximum atomic E-state index is 4.76. The molecule has 0 atom stereocenters. The molecule has 0 bridgehead atoms. The van der Waals surface area contributed by atoms with E-state index >= 15 is 0 Å². The number of aromatic nitrogens is 1. The molecular weight excluding hydrogens is 256 g/mol. The van der Waals surface area contributed by atoms with E-state index in [9.17, 15) is 0 Å². The molecule has 0 aliphatic carbocycles. The third kappa shape index (κ3) is 4.75. The third-order valence-corrected chi connectivity index (χ3v) is 4.34. The Labute approximate surface area is 120 Å². The van der Waals surface area contributed by atoms with Crippen LogP contribution in [0.2, 0.25) is 0 Å². The number of hydrogen-bond donors (Lipinski definition) is 1. The average molecular weight is 282 g/mol. The molecule has 19 heavy (non-hydrogen) atoms. The van der Waals surface area contributed by atoms with E-state index in [1.54, 1.807) is 11.3 Å². The molecule has 0 unspecified atom stereocenters.